The SMILES string of the molecule is CC(C)C(CCl)NC(=O)c1ccn[nH]1. The number of aromatic amines is 1. The van der Waals surface area contributed by atoms with E-state index in [0.29, 0.717) is 17.5 Å². The van der Waals surface area contributed by atoms with Crippen LogP contribution in [0.25, 0.3) is 0 Å². The topological polar surface area (TPSA) is 57.8 Å². The Morgan fingerprint density at radius 2 is 2.43 bits per heavy atom. The molecule has 0 aliphatic heterocycles. The number of carbonyl (C=O) groups excluding carboxylic acids is 1. The Balaban J connectivity index is 2.56. The van der Waals surface area contributed by atoms with Crippen molar-refractivity contribution in [3.63, 3.8) is 0 Å². The molecule has 1 heterocycles. The minimum atomic E-state index is -0.165. The Morgan fingerprint density at radius 1 is 1.71 bits per heavy atom. The second-order valence-electron chi connectivity index (χ2n) is 3.45. The lowest BCUT2D eigenvalue weighted by molar-refractivity contribution is 0.0926. The van der Waals surface area contributed by atoms with Crippen molar-refractivity contribution in [1.82, 2.24) is 15.5 Å². The van der Waals surface area contributed by atoms with E-state index in [0.717, 1.165) is 0 Å². The molecule has 0 aliphatic rings. The molecule has 0 saturated heterocycles. The van der Waals surface area contributed by atoms with E-state index in [1.165, 1.54) is 0 Å². The molecule has 0 fully saturated rings. The molecule has 1 rings (SSSR count). The van der Waals surface area contributed by atoms with E-state index in [4.69, 9.17) is 11.6 Å². The monoisotopic (exact) mass is 215 g/mol. The number of nitrogens with zero attached hydrogens (tertiary/aromatic N) is 1. The van der Waals surface area contributed by atoms with E-state index in [2.05, 4.69) is 15.5 Å². The van der Waals surface area contributed by atoms with Gasteiger partial charge in [-0.15, -0.1) is 11.6 Å². The largest absolute Gasteiger partial charge is 0.347 e. The fourth-order valence-electron chi connectivity index (χ4n) is 1.01. The Labute approximate surface area is 88.0 Å². The highest BCUT2D eigenvalue weighted by molar-refractivity contribution is 6.18. The predicted octanol–water partition coefficient (Wildman–Crippen LogP) is 1.40. The summed E-state index contributed by atoms with van der Waals surface area (Å²) in [6.45, 7) is 4.03. The number of hydrogen-bond donors (Lipinski definition) is 2. The number of carbonyl (C=O) groups is 1. The third-order valence-electron chi connectivity index (χ3n) is 2.03. The van der Waals surface area contributed by atoms with Crippen LogP contribution in [-0.4, -0.2) is 28.0 Å². The van der Waals surface area contributed by atoms with Crippen molar-refractivity contribution in [2.75, 3.05) is 5.88 Å². The van der Waals surface area contributed by atoms with Crippen molar-refractivity contribution in [3.8, 4) is 0 Å². The van der Waals surface area contributed by atoms with Crippen molar-refractivity contribution in [2.24, 2.45) is 5.92 Å². The summed E-state index contributed by atoms with van der Waals surface area (Å²) in [4.78, 5) is 11.5. The summed E-state index contributed by atoms with van der Waals surface area (Å²) in [5.41, 5.74) is 0.459. The number of amides is 1. The normalized spacial score (nSPS) is 12.9. The van der Waals surface area contributed by atoms with Crippen molar-refractivity contribution in [3.05, 3.63) is 18.0 Å². The number of halogens is 1. The maximum Gasteiger partial charge on any atom is 0.269 e. The van der Waals surface area contributed by atoms with Crippen LogP contribution in [0.4, 0.5) is 0 Å². The van der Waals surface area contributed by atoms with Crippen LogP contribution in [0.5, 0.6) is 0 Å². The van der Waals surface area contributed by atoms with Gasteiger partial charge in [-0.3, -0.25) is 9.89 Å². The average Bonchev–Trinajstić information content (AvgIpc) is 2.65. The van der Waals surface area contributed by atoms with Crippen LogP contribution >= 0.6 is 11.6 Å². The Bertz CT molecular complexity index is 284. The zero-order valence-electron chi connectivity index (χ0n) is 8.25. The predicted molar refractivity (Wildman–Crippen MR) is 55.4 cm³/mol. The molecule has 0 spiro atoms. The van der Waals surface area contributed by atoms with Crippen molar-refractivity contribution in [2.45, 2.75) is 19.9 Å². The molecular formula is C9H14ClN3O. The number of nitrogens with one attached hydrogen (secondary N) is 2. The molecule has 0 aliphatic carbocycles. The standard InChI is InChI=1S/C9H14ClN3O/c1-6(2)8(5-10)12-9(14)7-3-4-11-13-7/h3-4,6,8H,5H2,1-2H3,(H,11,13)(H,12,14). The van der Waals surface area contributed by atoms with Gasteiger partial charge in [-0.05, 0) is 12.0 Å². The summed E-state index contributed by atoms with van der Waals surface area (Å²) in [5.74, 6) is 0.568. The van der Waals surface area contributed by atoms with Gasteiger partial charge in [-0.1, -0.05) is 13.8 Å². The van der Waals surface area contributed by atoms with Crippen molar-refractivity contribution in [1.29, 1.82) is 0 Å². The Kier molecular flexibility index (Phi) is 3.95. The molecule has 0 saturated carbocycles. The highest BCUT2D eigenvalue weighted by atomic mass is 35.5. The average molecular weight is 216 g/mol. The van der Waals surface area contributed by atoms with E-state index < -0.39 is 0 Å². The van der Waals surface area contributed by atoms with Gasteiger partial charge in [0.25, 0.3) is 5.91 Å². The van der Waals surface area contributed by atoms with Gasteiger partial charge in [-0.2, -0.15) is 5.10 Å². The van der Waals surface area contributed by atoms with Crippen molar-refractivity contribution >= 4 is 17.5 Å². The van der Waals surface area contributed by atoms with Crippen LogP contribution in [0.15, 0.2) is 12.3 Å². The summed E-state index contributed by atoms with van der Waals surface area (Å²) in [7, 11) is 0. The van der Waals surface area contributed by atoms with E-state index in [9.17, 15) is 4.79 Å². The lowest BCUT2D eigenvalue weighted by Gasteiger charge is -2.18. The lowest BCUT2D eigenvalue weighted by Crippen LogP contribution is -2.40. The molecule has 4 nitrogen and oxygen atoms in total. The van der Waals surface area contributed by atoms with Gasteiger partial charge >= 0.3 is 0 Å². The highest BCUT2D eigenvalue weighted by Crippen LogP contribution is 2.04. The van der Waals surface area contributed by atoms with Crippen LogP contribution in [0, 0.1) is 5.92 Å². The fraction of sp³-hybridized carbons (Fsp3) is 0.556. The third-order valence-corrected chi connectivity index (χ3v) is 2.37. The number of hydrogen-bond acceptors (Lipinski definition) is 2. The van der Waals surface area contributed by atoms with E-state index >= 15 is 0 Å². The fourth-order valence-corrected chi connectivity index (χ4v) is 1.45. The van der Waals surface area contributed by atoms with Gasteiger partial charge in [0.1, 0.15) is 5.69 Å². The number of rotatable bonds is 4. The second-order valence-corrected chi connectivity index (χ2v) is 3.76. The summed E-state index contributed by atoms with van der Waals surface area (Å²) in [6, 6.07) is 1.62. The molecule has 1 unspecified atom stereocenters. The van der Waals surface area contributed by atoms with Crippen LogP contribution in [0.2, 0.25) is 0 Å². The number of aromatic nitrogens is 2. The second kappa shape index (κ2) is 5.00. The quantitative estimate of drug-likeness (QED) is 0.746. The molecule has 78 valence electrons. The van der Waals surface area contributed by atoms with E-state index in [1.807, 2.05) is 13.8 Å². The maximum absolute atomic E-state index is 11.5. The molecule has 1 aromatic rings. The van der Waals surface area contributed by atoms with Gasteiger partial charge in [0.05, 0.1) is 0 Å². The first-order valence-corrected chi connectivity index (χ1v) is 5.04. The van der Waals surface area contributed by atoms with Crippen LogP contribution in [0.1, 0.15) is 24.3 Å². The summed E-state index contributed by atoms with van der Waals surface area (Å²) in [6.07, 6.45) is 1.54. The molecule has 0 aromatic carbocycles. The van der Waals surface area contributed by atoms with Gasteiger partial charge < -0.3 is 5.32 Å². The van der Waals surface area contributed by atoms with Gasteiger partial charge in [0.2, 0.25) is 0 Å². The first kappa shape index (κ1) is 11.0. The zero-order valence-corrected chi connectivity index (χ0v) is 9.01. The first-order chi connectivity index (χ1) is 6.65. The lowest BCUT2D eigenvalue weighted by atomic mass is 10.1. The molecule has 0 bridgehead atoms. The Hall–Kier alpha value is -1.03. The number of H-pyrrole nitrogens is 1. The molecule has 1 aromatic heterocycles. The van der Waals surface area contributed by atoms with Crippen LogP contribution < -0.4 is 5.32 Å². The Morgan fingerprint density at radius 3 is 2.86 bits per heavy atom. The highest BCUT2D eigenvalue weighted by Gasteiger charge is 2.16. The molecule has 1 atom stereocenters. The zero-order chi connectivity index (χ0) is 10.6. The van der Waals surface area contributed by atoms with Gasteiger partial charge in [-0.25, -0.2) is 0 Å². The van der Waals surface area contributed by atoms with E-state index in [1.54, 1.807) is 12.3 Å². The van der Waals surface area contributed by atoms with Crippen LogP contribution in [-0.2, 0) is 0 Å². The molecule has 0 radical (unpaired) electrons. The molecule has 14 heavy (non-hydrogen) atoms. The number of alkyl halides is 1. The van der Waals surface area contributed by atoms with Gasteiger partial charge in [0.15, 0.2) is 0 Å². The minimum absolute atomic E-state index is 0.00698. The molecule has 5 heteroatoms. The maximum atomic E-state index is 11.5. The van der Waals surface area contributed by atoms with Crippen molar-refractivity contribution < 1.29 is 4.79 Å². The minimum Gasteiger partial charge on any atom is -0.347 e. The van der Waals surface area contributed by atoms with Crippen LogP contribution in [0.3, 0.4) is 0 Å². The summed E-state index contributed by atoms with van der Waals surface area (Å²) < 4.78 is 0. The smallest absolute Gasteiger partial charge is 0.269 e. The summed E-state index contributed by atoms with van der Waals surface area (Å²) >= 11 is 5.73. The van der Waals surface area contributed by atoms with E-state index in [-0.39, 0.29) is 11.9 Å². The first-order valence-electron chi connectivity index (χ1n) is 4.51. The molecule has 2 N–H and O–H groups in total. The van der Waals surface area contributed by atoms with Gasteiger partial charge in [0, 0.05) is 18.1 Å². The summed E-state index contributed by atoms with van der Waals surface area (Å²) in [5, 5.41) is 9.13. The molecule has 1 amide bonds. The molecular weight excluding hydrogens is 202 g/mol. The third kappa shape index (κ3) is 2.73.